The van der Waals surface area contributed by atoms with E-state index in [4.69, 9.17) is 5.73 Å². The van der Waals surface area contributed by atoms with Gasteiger partial charge in [0.25, 0.3) is 5.56 Å². The van der Waals surface area contributed by atoms with E-state index in [0.29, 0.717) is 24.0 Å². The van der Waals surface area contributed by atoms with E-state index in [1.807, 2.05) is 26.0 Å². The summed E-state index contributed by atoms with van der Waals surface area (Å²) in [6.45, 7) is 4.45. The molecule has 1 aromatic heterocycles. The van der Waals surface area contributed by atoms with Crippen LogP contribution < -0.4 is 16.6 Å². The summed E-state index contributed by atoms with van der Waals surface area (Å²) < 4.78 is 1.47. The number of aryl methyl sites for hydroxylation is 2. The summed E-state index contributed by atoms with van der Waals surface area (Å²) in [6, 6.07) is 5.44. The van der Waals surface area contributed by atoms with Crippen LogP contribution in [-0.2, 0) is 11.3 Å². The van der Waals surface area contributed by atoms with Gasteiger partial charge in [0.2, 0.25) is 5.91 Å². The second kappa shape index (κ2) is 7.91. The van der Waals surface area contributed by atoms with Crippen molar-refractivity contribution in [2.75, 3.05) is 6.54 Å². The average molecular weight is 325 g/mol. The zero-order valence-corrected chi connectivity index (χ0v) is 13.5. The van der Waals surface area contributed by atoms with Crippen LogP contribution in [0.5, 0.6) is 0 Å². The summed E-state index contributed by atoms with van der Waals surface area (Å²) in [6.07, 6.45) is 1.72. The van der Waals surface area contributed by atoms with Crippen molar-refractivity contribution in [2.24, 2.45) is 5.73 Å². The molecule has 1 amide bonds. The predicted molar refractivity (Wildman–Crippen MR) is 89.3 cm³/mol. The first-order chi connectivity index (χ1) is 10.0. The second-order valence-corrected chi connectivity index (χ2v) is 5.17. The summed E-state index contributed by atoms with van der Waals surface area (Å²) >= 11 is 0. The monoisotopic (exact) mass is 324 g/mol. The summed E-state index contributed by atoms with van der Waals surface area (Å²) in [5.41, 5.74) is 7.00. The van der Waals surface area contributed by atoms with Gasteiger partial charge in [-0.05, 0) is 25.5 Å². The predicted octanol–water partition coefficient (Wildman–Crippen LogP) is 0.980. The fraction of sp³-hybridized carbons (Fsp3) is 0.400. The molecule has 1 atom stereocenters. The smallest absolute Gasteiger partial charge is 0.261 e. The van der Waals surface area contributed by atoms with Crippen molar-refractivity contribution in [2.45, 2.75) is 32.9 Å². The minimum Gasteiger partial charge on any atom is -0.352 e. The topological polar surface area (TPSA) is 90.0 Å². The highest BCUT2D eigenvalue weighted by Gasteiger charge is 2.09. The van der Waals surface area contributed by atoms with E-state index >= 15 is 0 Å². The maximum atomic E-state index is 12.3. The molecule has 120 valence electrons. The number of hydrogen-bond donors (Lipinski definition) is 2. The highest BCUT2D eigenvalue weighted by atomic mass is 35.5. The Balaban J connectivity index is 0.00000242. The van der Waals surface area contributed by atoms with Crippen molar-refractivity contribution < 1.29 is 4.79 Å². The molecule has 7 heteroatoms. The zero-order valence-electron chi connectivity index (χ0n) is 12.7. The van der Waals surface area contributed by atoms with Gasteiger partial charge in [-0.2, -0.15) is 0 Å². The van der Waals surface area contributed by atoms with Crippen molar-refractivity contribution in [3.8, 4) is 0 Å². The fourth-order valence-corrected chi connectivity index (χ4v) is 2.12. The minimum absolute atomic E-state index is 0. The number of hydrogen-bond acceptors (Lipinski definition) is 4. The molecule has 0 bridgehead atoms. The van der Waals surface area contributed by atoms with Crippen LogP contribution in [0.25, 0.3) is 10.9 Å². The molecule has 0 aliphatic heterocycles. The molecule has 2 aromatic rings. The third kappa shape index (κ3) is 4.05. The standard InChI is InChI=1S/C15H20N4O2.ClH/c1-10-4-3-5-12-14(10)17-9-19(15(12)21)7-6-13(20)18-11(2)8-16;/h3-5,9,11H,6-8,16H2,1-2H3,(H,18,20);1H/t11-;/m0./s1. The van der Waals surface area contributed by atoms with E-state index in [-0.39, 0.29) is 36.3 Å². The number of carbonyl (C=O) groups is 1. The Morgan fingerprint density at radius 1 is 1.45 bits per heavy atom. The first kappa shape index (κ1) is 18.1. The molecule has 2 rings (SSSR count). The molecule has 0 aliphatic rings. The summed E-state index contributed by atoms with van der Waals surface area (Å²) in [5, 5.41) is 3.34. The van der Waals surface area contributed by atoms with Gasteiger partial charge in [0.1, 0.15) is 0 Å². The lowest BCUT2D eigenvalue weighted by atomic mass is 10.1. The maximum Gasteiger partial charge on any atom is 0.261 e. The Hall–Kier alpha value is -1.92. The van der Waals surface area contributed by atoms with Gasteiger partial charge in [0.15, 0.2) is 0 Å². The normalized spacial score (nSPS) is 11.8. The van der Waals surface area contributed by atoms with Gasteiger partial charge >= 0.3 is 0 Å². The van der Waals surface area contributed by atoms with Crippen LogP contribution in [0.2, 0.25) is 0 Å². The quantitative estimate of drug-likeness (QED) is 0.858. The number of amides is 1. The molecule has 1 heterocycles. The third-order valence-electron chi connectivity index (χ3n) is 3.40. The van der Waals surface area contributed by atoms with Gasteiger partial charge in [-0.15, -0.1) is 12.4 Å². The molecule has 0 saturated heterocycles. The molecule has 0 radical (unpaired) electrons. The van der Waals surface area contributed by atoms with Crippen molar-refractivity contribution in [3.05, 3.63) is 40.4 Å². The molecule has 22 heavy (non-hydrogen) atoms. The summed E-state index contributed by atoms with van der Waals surface area (Å²) in [7, 11) is 0. The number of fused-ring (bicyclic) bond motifs is 1. The molecular weight excluding hydrogens is 304 g/mol. The number of aromatic nitrogens is 2. The van der Waals surface area contributed by atoms with Gasteiger partial charge < -0.3 is 11.1 Å². The Morgan fingerprint density at radius 2 is 2.18 bits per heavy atom. The van der Waals surface area contributed by atoms with Crippen molar-refractivity contribution >= 4 is 29.2 Å². The van der Waals surface area contributed by atoms with E-state index in [2.05, 4.69) is 10.3 Å². The third-order valence-corrected chi connectivity index (χ3v) is 3.40. The Kier molecular flexibility index (Phi) is 6.52. The van der Waals surface area contributed by atoms with Crippen LogP contribution in [-0.4, -0.2) is 28.0 Å². The molecular formula is C15H21ClN4O2. The Bertz CT molecular complexity index is 714. The lowest BCUT2D eigenvalue weighted by Crippen LogP contribution is -2.38. The fourth-order valence-electron chi connectivity index (χ4n) is 2.12. The van der Waals surface area contributed by atoms with E-state index in [1.54, 1.807) is 6.07 Å². The van der Waals surface area contributed by atoms with Gasteiger partial charge in [-0.1, -0.05) is 12.1 Å². The molecule has 3 N–H and O–H groups in total. The Labute approximate surface area is 135 Å². The van der Waals surface area contributed by atoms with Crippen LogP contribution in [0, 0.1) is 6.92 Å². The number of nitrogens with two attached hydrogens (primary N) is 1. The first-order valence-electron chi connectivity index (χ1n) is 6.97. The highest BCUT2D eigenvalue weighted by Crippen LogP contribution is 2.11. The molecule has 1 aromatic carbocycles. The summed E-state index contributed by atoms with van der Waals surface area (Å²) in [4.78, 5) is 28.4. The SMILES string of the molecule is Cc1cccc2c(=O)n(CCC(=O)N[C@@H](C)CN)cnc12.Cl. The number of rotatable bonds is 5. The van der Waals surface area contributed by atoms with E-state index in [0.717, 1.165) is 5.56 Å². The van der Waals surface area contributed by atoms with Crippen LogP contribution in [0.3, 0.4) is 0 Å². The molecule has 6 nitrogen and oxygen atoms in total. The number of halogens is 1. The molecule has 0 saturated carbocycles. The molecule has 0 fully saturated rings. The van der Waals surface area contributed by atoms with Crippen LogP contribution in [0.15, 0.2) is 29.3 Å². The molecule has 0 unspecified atom stereocenters. The van der Waals surface area contributed by atoms with Crippen molar-refractivity contribution in [1.29, 1.82) is 0 Å². The lowest BCUT2D eigenvalue weighted by molar-refractivity contribution is -0.121. The van der Waals surface area contributed by atoms with Crippen molar-refractivity contribution in [3.63, 3.8) is 0 Å². The van der Waals surface area contributed by atoms with Crippen LogP contribution in [0.4, 0.5) is 0 Å². The maximum absolute atomic E-state index is 12.3. The van der Waals surface area contributed by atoms with Crippen LogP contribution in [0.1, 0.15) is 18.9 Å². The highest BCUT2D eigenvalue weighted by molar-refractivity contribution is 5.85. The number of benzene rings is 1. The first-order valence-corrected chi connectivity index (χ1v) is 6.97. The van der Waals surface area contributed by atoms with Gasteiger partial charge in [0, 0.05) is 25.6 Å². The summed E-state index contributed by atoms with van der Waals surface area (Å²) in [5.74, 6) is -0.121. The van der Waals surface area contributed by atoms with E-state index < -0.39 is 0 Å². The number of nitrogens with one attached hydrogen (secondary N) is 1. The average Bonchev–Trinajstić information content (AvgIpc) is 2.47. The van der Waals surface area contributed by atoms with E-state index in [9.17, 15) is 9.59 Å². The van der Waals surface area contributed by atoms with Crippen molar-refractivity contribution in [1.82, 2.24) is 14.9 Å². The number of nitrogens with zero attached hydrogens (tertiary/aromatic N) is 2. The Morgan fingerprint density at radius 3 is 2.86 bits per heavy atom. The van der Waals surface area contributed by atoms with Crippen LogP contribution >= 0.6 is 12.4 Å². The molecule has 0 aliphatic carbocycles. The lowest BCUT2D eigenvalue weighted by Gasteiger charge is -2.12. The van der Waals surface area contributed by atoms with Gasteiger partial charge in [-0.25, -0.2) is 4.98 Å². The molecule has 0 spiro atoms. The largest absolute Gasteiger partial charge is 0.352 e. The van der Waals surface area contributed by atoms with Gasteiger partial charge in [-0.3, -0.25) is 14.2 Å². The number of carbonyl (C=O) groups excluding carboxylic acids is 1. The van der Waals surface area contributed by atoms with E-state index in [1.165, 1.54) is 10.9 Å². The number of para-hydroxylation sites is 1. The second-order valence-electron chi connectivity index (χ2n) is 5.17. The van der Waals surface area contributed by atoms with Gasteiger partial charge in [0.05, 0.1) is 17.2 Å². The zero-order chi connectivity index (χ0) is 15.4. The minimum atomic E-state index is -0.122.